The quantitative estimate of drug-likeness (QED) is 0.550. The molecule has 1 aliphatic heterocycles. The van der Waals surface area contributed by atoms with Crippen molar-refractivity contribution < 1.29 is 23.9 Å². The van der Waals surface area contributed by atoms with Crippen LogP contribution in [-0.4, -0.2) is 58.6 Å². The molecule has 0 radical (unpaired) electrons. The largest absolute Gasteiger partial charge is 0.467 e. The van der Waals surface area contributed by atoms with Crippen molar-refractivity contribution in [2.24, 2.45) is 0 Å². The molecule has 1 aromatic rings. The van der Waals surface area contributed by atoms with Gasteiger partial charge in [0.1, 0.15) is 11.8 Å². The summed E-state index contributed by atoms with van der Waals surface area (Å²) in [4.78, 5) is 37.2. The van der Waals surface area contributed by atoms with E-state index < -0.39 is 18.0 Å². The van der Waals surface area contributed by atoms with E-state index >= 15 is 0 Å². The van der Waals surface area contributed by atoms with Gasteiger partial charge in [0.2, 0.25) is 5.91 Å². The predicted octanol–water partition coefficient (Wildman–Crippen LogP) is 0.320. The first-order valence-corrected chi connectivity index (χ1v) is 8.98. The minimum Gasteiger partial charge on any atom is -0.467 e. The molecule has 1 aromatic heterocycles. The van der Waals surface area contributed by atoms with Gasteiger partial charge in [0.15, 0.2) is 0 Å². The Morgan fingerprint density at radius 2 is 2.33 bits per heavy atom. The number of furan rings is 1. The second kappa shape index (κ2) is 8.74. The normalized spacial score (nSPS) is 18.6. The molecule has 0 aromatic carbocycles. The molecule has 0 bridgehead atoms. The minimum absolute atomic E-state index is 0.0305. The van der Waals surface area contributed by atoms with Crippen LogP contribution in [-0.2, 0) is 16.1 Å². The molecule has 8 nitrogen and oxygen atoms in total. The molecule has 1 saturated heterocycles. The third kappa shape index (κ3) is 4.75. The molecule has 1 fully saturated rings. The van der Waals surface area contributed by atoms with Gasteiger partial charge >= 0.3 is 6.03 Å². The van der Waals surface area contributed by atoms with Gasteiger partial charge in [0.05, 0.1) is 31.9 Å². The molecule has 0 saturated carbocycles. The van der Waals surface area contributed by atoms with Crippen molar-refractivity contribution in [1.82, 2.24) is 15.5 Å². The number of imide groups is 1. The van der Waals surface area contributed by atoms with Gasteiger partial charge in [-0.3, -0.25) is 14.5 Å². The molecular weight excluding hydrogens is 334 g/mol. The lowest BCUT2D eigenvalue weighted by Gasteiger charge is -2.17. The summed E-state index contributed by atoms with van der Waals surface area (Å²) in [6, 6.07) is 1.54. The third-order valence-electron chi connectivity index (χ3n) is 3.65. The van der Waals surface area contributed by atoms with E-state index in [2.05, 4.69) is 10.6 Å². The first-order chi connectivity index (χ1) is 11.5. The van der Waals surface area contributed by atoms with Crippen LogP contribution in [0.4, 0.5) is 4.79 Å². The highest BCUT2D eigenvalue weighted by atomic mass is 32.2. The number of nitrogens with zero attached hydrogens (tertiary/aromatic N) is 1. The van der Waals surface area contributed by atoms with Crippen LogP contribution in [0, 0.1) is 0 Å². The highest BCUT2D eigenvalue weighted by Gasteiger charge is 2.39. The van der Waals surface area contributed by atoms with Crippen LogP contribution in [0.1, 0.15) is 18.6 Å². The van der Waals surface area contributed by atoms with Crippen molar-refractivity contribution >= 4 is 29.6 Å². The van der Waals surface area contributed by atoms with E-state index in [4.69, 9.17) is 4.42 Å². The van der Waals surface area contributed by atoms with E-state index in [1.165, 1.54) is 6.26 Å². The first kappa shape index (κ1) is 18.3. The number of amides is 4. The fraction of sp³-hybridized carbons (Fsp3) is 0.533. The molecule has 2 heterocycles. The highest BCUT2D eigenvalue weighted by molar-refractivity contribution is 7.98. The molecule has 4 amide bonds. The van der Waals surface area contributed by atoms with Crippen LogP contribution in [0.5, 0.6) is 0 Å². The molecule has 132 valence electrons. The second-order valence-electron chi connectivity index (χ2n) is 5.44. The van der Waals surface area contributed by atoms with Gasteiger partial charge in [-0.1, -0.05) is 0 Å². The van der Waals surface area contributed by atoms with Gasteiger partial charge in [-0.2, -0.15) is 11.8 Å². The summed E-state index contributed by atoms with van der Waals surface area (Å²) in [6.07, 6.45) is 3.88. The van der Waals surface area contributed by atoms with Crippen molar-refractivity contribution in [3.63, 3.8) is 0 Å². The fourth-order valence-electron chi connectivity index (χ4n) is 2.36. The maximum Gasteiger partial charge on any atom is 0.325 e. The molecule has 0 spiro atoms. The van der Waals surface area contributed by atoms with Gasteiger partial charge in [0, 0.05) is 0 Å². The number of hydrogen-bond donors (Lipinski definition) is 3. The number of nitrogens with one attached hydrogen (secondary N) is 2. The van der Waals surface area contributed by atoms with Crippen molar-refractivity contribution in [3.8, 4) is 0 Å². The van der Waals surface area contributed by atoms with Gasteiger partial charge in [-0.05, 0) is 30.6 Å². The summed E-state index contributed by atoms with van der Waals surface area (Å²) < 4.78 is 5.13. The van der Waals surface area contributed by atoms with E-state index in [1.54, 1.807) is 23.9 Å². The maximum atomic E-state index is 12.3. The van der Waals surface area contributed by atoms with Crippen LogP contribution in [0.3, 0.4) is 0 Å². The van der Waals surface area contributed by atoms with E-state index in [-0.39, 0.29) is 31.5 Å². The lowest BCUT2D eigenvalue weighted by molar-refractivity contribution is -0.131. The number of urea groups is 1. The zero-order chi connectivity index (χ0) is 17.5. The average Bonchev–Trinajstić information content (AvgIpc) is 3.16. The Bertz CT molecular complexity index is 578. The Morgan fingerprint density at radius 3 is 2.96 bits per heavy atom. The number of hydrogen-bond acceptors (Lipinski definition) is 6. The van der Waals surface area contributed by atoms with Crippen LogP contribution in [0.2, 0.25) is 0 Å². The van der Waals surface area contributed by atoms with Crippen molar-refractivity contribution in [2.45, 2.75) is 31.5 Å². The molecule has 2 atom stereocenters. The van der Waals surface area contributed by atoms with Crippen LogP contribution < -0.4 is 10.6 Å². The monoisotopic (exact) mass is 355 g/mol. The number of aliphatic hydroxyl groups is 1. The standard InChI is InChI=1S/C15H21N3O5S/c1-24-6-4-10(9-19)16-13(20)7-12-14(21)18(15(22)17-12)8-11-3-2-5-23-11/h2-3,5,10,12,19H,4,6-9H2,1H3,(H,16,20)(H,17,22)/t10-,12+/m0/s1. The van der Waals surface area contributed by atoms with Crippen LogP contribution in [0.25, 0.3) is 0 Å². The Morgan fingerprint density at radius 1 is 1.54 bits per heavy atom. The Hall–Kier alpha value is -2.00. The van der Waals surface area contributed by atoms with Crippen molar-refractivity contribution in [3.05, 3.63) is 24.2 Å². The van der Waals surface area contributed by atoms with Gasteiger partial charge in [-0.15, -0.1) is 0 Å². The molecule has 1 aliphatic rings. The maximum absolute atomic E-state index is 12.3. The summed E-state index contributed by atoms with van der Waals surface area (Å²) in [5.41, 5.74) is 0. The zero-order valence-electron chi connectivity index (χ0n) is 13.4. The predicted molar refractivity (Wildman–Crippen MR) is 88.2 cm³/mol. The van der Waals surface area contributed by atoms with E-state index in [1.807, 2.05) is 6.26 Å². The lowest BCUT2D eigenvalue weighted by atomic mass is 10.1. The lowest BCUT2D eigenvalue weighted by Crippen LogP contribution is -2.42. The Labute approximate surface area is 143 Å². The highest BCUT2D eigenvalue weighted by Crippen LogP contribution is 2.14. The number of aliphatic hydroxyl groups excluding tert-OH is 1. The number of thioether (sulfide) groups is 1. The number of rotatable bonds is 9. The molecule has 0 unspecified atom stereocenters. The summed E-state index contributed by atoms with van der Waals surface area (Å²) in [5, 5.41) is 14.4. The van der Waals surface area contributed by atoms with Crippen molar-refractivity contribution in [1.29, 1.82) is 0 Å². The van der Waals surface area contributed by atoms with Crippen LogP contribution in [0.15, 0.2) is 22.8 Å². The Balaban J connectivity index is 1.87. The minimum atomic E-state index is -0.896. The summed E-state index contributed by atoms with van der Waals surface area (Å²) in [6.45, 7) is -0.134. The smallest absolute Gasteiger partial charge is 0.325 e. The third-order valence-corrected chi connectivity index (χ3v) is 4.29. The first-order valence-electron chi connectivity index (χ1n) is 7.58. The number of carbonyl (C=O) groups excluding carboxylic acids is 3. The molecule has 9 heteroatoms. The molecule has 24 heavy (non-hydrogen) atoms. The van der Waals surface area contributed by atoms with E-state index in [0.717, 1.165) is 10.7 Å². The summed E-state index contributed by atoms with van der Waals surface area (Å²) in [7, 11) is 0. The van der Waals surface area contributed by atoms with Gasteiger partial charge in [0.25, 0.3) is 5.91 Å². The number of carbonyl (C=O) groups is 3. The SMILES string of the molecule is CSCC[C@@H](CO)NC(=O)C[C@H]1NC(=O)N(Cc2ccco2)C1=O. The fourth-order valence-corrected chi connectivity index (χ4v) is 2.88. The average molecular weight is 355 g/mol. The molecule has 3 N–H and O–H groups in total. The van der Waals surface area contributed by atoms with Gasteiger partial charge in [-0.25, -0.2) is 4.79 Å². The summed E-state index contributed by atoms with van der Waals surface area (Å²) in [5.74, 6) is 0.451. The van der Waals surface area contributed by atoms with E-state index in [9.17, 15) is 19.5 Å². The zero-order valence-corrected chi connectivity index (χ0v) is 14.2. The molecular formula is C15H21N3O5S. The Kier molecular flexibility index (Phi) is 6.68. The summed E-state index contributed by atoms with van der Waals surface area (Å²) >= 11 is 1.62. The van der Waals surface area contributed by atoms with Crippen LogP contribution >= 0.6 is 11.8 Å². The van der Waals surface area contributed by atoms with Gasteiger partial charge < -0.3 is 20.2 Å². The van der Waals surface area contributed by atoms with E-state index in [0.29, 0.717) is 12.2 Å². The second-order valence-corrected chi connectivity index (χ2v) is 6.42. The molecule has 2 rings (SSSR count). The molecule has 0 aliphatic carbocycles. The topological polar surface area (TPSA) is 112 Å². The van der Waals surface area contributed by atoms with Crippen molar-refractivity contribution in [2.75, 3.05) is 18.6 Å².